The standard InChI is InChI=1S/C9H14N2O4/c1-3-15-9(14)5(2)6(10)4-7(11)8(12)13/h4-5,11H,3,10H2,1-2H3,(H,12,13)/b6-4-,11-7?. The topological polar surface area (TPSA) is 113 Å². The van der Waals surface area contributed by atoms with Crippen LogP contribution in [-0.2, 0) is 14.3 Å². The lowest BCUT2D eigenvalue weighted by Gasteiger charge is -2.10. The Hall–Kier alpha value is -1.85. The lowest BCUT2D eigenvalue weighted by atomic mass is 10.1. The maximum Gasteiger partial charge on any atom is 0.353 e. The first-order chi connectivity index (χ1) is 6.90. The molecule has 1 atom stereocenters. The van der Waals surface area contributed by atoms with E-state index in [-0.39, 0.29) is 12.3 Å². The molecule has 0 radical (unpaired) electrons. The summed E-state index contributed by atoms with van der Waals surface area (Å²) in [5, 5.41) is 15.4. The number of carbonyl (C=O) groups excluding carboxylic acids is 1. The first-order valence-electron chi connectivity index (χ1n) is 4.35. The van der Waals surface area contributed by atoms with Crippen molar-refractivity contribution in [3.8, 4) is 0 Å². The van der Waals surface area contributed by atoms with Crippen molar-refractivity contribution >= 4 is 17.7 Å². The van der Waals surface area contributed by atoms with Crippen LogP contribution in [0.4, 0.5) is 0 Å². The number of aliphatic carboxylic acids is 1. The zero-order valence-electron chi connectivity index (χ0n) is 8.61. The molecule has 0 aliphatic rings. The number of esters is 1. The van der Waals surface area contributed by atoms with Gasteiger partial charge in [0.05, 0.1) is 12.5 Å². The SMILES string of the molecule is CCOC(=O)C(C)/C(N)=C/C(=N)C(=O)O. The molecule has 1 unspecified atom stereocenters. The highest BCUT2D eigenvalue weighted by molar-refractivity contribution is 6.39. The molecule has 0 rings (SSSR count). The third-order valence-electron chi connectivity index (χ3n) is 1.68. The monoisotopic (exact) mass is 214 g/mol. The van der Waals surface area contributed by atoms with Gasteiger partial charge in [0.1, 0.15) is 5.71 Å². The van der Waals surface area contributed by atoms with Gasteiger partial charge in [0, 0.05) is 5.70 Å². The van der Waals surface area contributed by atoms with Crippen molar-refractivity contribution in [1.29, 1.82) is 5.41 Å². The van der Waals surface area contributed by atoms with Crippen LogP contribution < -0.4 is 5.73 Å². The molecular weight excluding hydrogens is 200 g/mol. The smallest absolute Gasteiger partial charge is 0.353 e. The molecule has 0 saturated carbocycles. The van der Waals surface area contributed by atoms with Crippen molar-refractivity contribution in [2.24, 2.45) is 11.7 Å². The van der Waals surface area contributed by atoms with Gasteiger partial charge in [-0.05, 0) is 19.9 Å². The van der Waals surface area contributed by atoms with Crippen LogP contribution in [0.15, 0.2) is 11.8 Å². The van der Waals surface area contributed by atoms with Gasteiger partial charge >= 0.3 is 11.9 Å². The summed E-state index contributed by atoms with van der Waals surface area (Å²) >= 11 is 0. The van der Waals surface area contributed by atoms with Gasteiger partial charge in [-0.15, -0.1) is 0 Å². The number of hydrogen-bond donors (Lipinski definition) is 3. The maximum absolute atomic E-state index is 11.2. The van der Waals surface area contributed by atoms with Crippen LogP contribution in [0.25, 0.3) is 0 Å². The maximum atomic E-state index is 11.2. The van der Waals surface area contributed by atoms with E-state index in [1.807, 2.05) is 0 Å². The molecule has 0 heterocycles. The van der Waals surface area contributed by atoms with Crippen LogP contribution in [0, 0.1) is 11.3 Å². The van der Waals surface area contributed by atoms with E-state index in [0.29, 0.717) is 0 Å². The van der Waals surface area contributed by atoms with Crippen LogP contribution in [-0.4, -0.2) is 29.4 Å². The van der Waals surface area contributed by atoms with E-state index in [0.717, 1.165) is 6.08 Å². The second kappa shape index (κ2) is 5.79. The zero-order chi connectivity index (χ0) is 12.0. The van der Waals surface area contributed by atoms with Gasteiger partial charge in [-0.25, -0.2) is 4.79 Å². The van der Waals surface area contributed by atoms with Gasteiger partial charge in [0.2, 0.25) is 0 Å². The number of nitrogens with two attached hydrogens (primary N) is 1. The molecule has 0 bridgehead atoms. The fourth-order valence-corrected chi connectivity index (χ4v) is 0.757. The molecule has 0 amide bonds. The normalized spacial score (nSPS) is 13.1. The third kappa shape index (κ3) is 4.26. The van der Waals surface area contributed by atoms with E-state index in [1.165, 1.54) is 6.92 Å². The minimum absolute atomic E-state index is 0.000787. The molecule has 0 aromatic heterocycles. The number of carboxylic acids is 1. The molecule has 0 spiro atoms. The Morgan fingerprint density at radius 1 is 1.60 bits per heavy atom. The minimum Gasteiger partial charge on any atom is -0.477 e. The summed E-state index contributed by atoms with van der Waals surface area (Å²) in [6, 6.07) is 0. The zero-order valence-corrected chi connectivity index (χ0v) is 8.61. The van der Waals surface area contributed by atoms with Crippen molar-refractivity contribution in [3.63, 3.8) is 0 Å². The summed E-state index contributed by atoms with van der Waals surface area (Å²) < 4.78 is 4.69. The molecule has 0 fully saturated rings. The Bertz CT molecular complexity index is 309. The van der Waals surface area contributed by atoms with Crippen molar-refractivity contribution in [2.75, 3.05) is 6.61 Å². The van der Waals surface area contributed by atoms with Gasteiger partial charge in [-0.2, -0.15) is 0 Å². The van der Waals surface area contributed by atoms with Crippen LogP contribution in [0.2, 0.25) is 0 Å². The molecule has 0 aromatic carbocycles. The molecule has 4 N–H and O–H groups in total. The molecule has 0 aliphatic carbocycles. The van der Waals surface area contributed by atoms with Crippen molar-refractivity contribution < 1.29 is 19.4 Å². The van der Waals surface area contributed by atoms with E-state index in [4.69, 9.17) is 16.2 Å². The number of carboxylic acid groups (broad SMARTS) is 1. The summed E-state index contributed by atoms with van der Waals surface area (Å²) in [5.41, 5.74) is 4.78. The van der Waals surface area contributed by atoms with Crippen molar-refractivity contribution in [3.05, 3.63) is 11.8 Å². The second-order valence-corrected chi connectivity index (χ2v) is 2.84. The number of hydrogen-bond acceptors (Lipinski definition) is 5. The van der Waals surface area contributed by atoms with E-state index >= 15 is 0 Å². The average Bonchev–Trinajstić information content (AvgIpc) is 2.16. The Morgan fingerprint density at radius 2 is 2.13 bits per heavy atom. The molecule has 0 aromatic rings. The molecular formula is C9H14N2O4. The molecule has 6 heteroatoms. The number of carbonyl (C=O) groups is 2. The molecule has 15 heavy (non-hydrogen) atoms. The Kier molecular flexibility index (Phi) is 5.08. The molecule has 84 valence electrons. The fourth-order valence-electron chi connectivity index (χ4n) is 0.757. The summed E-state index contributed by atoms with van der Waals surface area (Å²) in [6.07, 6.45) is 0.934. The predicted octanol–water partition coefficient (Wildman–Crippen LogP) is 0.133. The Labute approximate surface area is 87.2 Å². The highest BCUT2D eigenvalue weighted by Gasteiger charge is 2.17. The van der Waals surface area contributed by atoms with Crippen LogP contribution in [0.5, 0.6) is 0 Å². The van der Waals surface area contributed by atoms with Crippen molar-refractivity contribution in [2.45, 2.75) is 13.8 Å². The average molecular weight is 214 g/mol. The van der Waals surface area contributed by atoms with Crippen LogP contribution >= 0.6 is 0 Å². The summed E-state index contributed by atoms with van der Waals surface area (Å²) in [6.45, 7) is 3.37. The van der Waals surface area contributed by atoms with Gasteiger partial charge < -0.3 is 15.6 Å². The van der Waals surface area contributed by atoms with Crippen LogP contribution in [0.3, 0.4) is 0 Å². The molecule has 0 aliphatic heterocycles. The summed E-state index contributed by atoms with van der Waals surface area (Å²) in [4.78, 5) is 21.5. The minimum atomic E-state index is -1.39. The first-order valence-corrected chi connectivity index (χ1v) is 4.35. The number of nitrogens with one attached hydrogen (secondary N) is 1. The van der Waals surface area contributed by atoms with Gasteiger partial charge in [0.15, 0.2) is 0 Å². The highest BCUT2D eigenvalue weighted by Crippen LogP contribution is 2.06. The van der Waals surface area contributed by atoms with E-state index in [9.17, 15) is 9.59 Å². The summed E-state index contributed by atoms with van der Waals surface area (Å²) in [7, 11) is 0. The van der Waals surface area contributed by atoms with Gasteiger partial charge in [0.25, 0.3) is 0 Å². The lowest BCUT2D eigenvalue weighted by molar-refractivity contribution is -0.146. The highest BCUT2D eigenvalue weighted by atomic mass is 16.5. The van der Waals surface area contributed by atoms with E-state index < -0.39 is 23.6 Å². The Balaban J connectivity index is 4.56. The van der Waals surface area contributed by atoms with E-state index in [1.54, 1.807) is 6.92 Å². The fraction of sp³-hybridized carbons (Fsp3) is 0.444. The van der Waals surface area contributed by atoms with Gasteiger partial charge in [-0.3, -0.25) is 10.2 Å². The first kappa shape index (κ1) is 13.2. The predicted molar refractivity (Wildman–Crippen MR) is 53.4 cm³/mol. The number of rotatable bonds is 5. The largest absolute Gasteiger partial charge is 0.477 e. The second-order valence-electron chi connectivity index (χ2n) is 2.84. The summed E-state index contributed by atoms with van der Waals surface area (Å²) in [5.74, 6) is -2.68. The van der Waals surface area contributed by atoms with Crippen molar-refractivity contribution in [1.82, 2.24) is 0 Å². The molecule has 6 nitrogen and oxygen atoms in total. The third-order valence-corrected chi connectivity index (χ3v) is 1.68. The van der Waals surface area contributed by atoms with E-state index in [2.05, 4.69) is 4.74 Å². The molecule has 0 saturated heterocycles. The lowest BCUT2D eigenvalue weighted by Crippen LogP contribution is -2.23. The van der Waals surface area contributed by atoms with Crippen LogP contribution in [0.1, 0.15) is 13.8 Å². The number of ether oxygens (including phenoxy) is 1. The quantitative estimate of drug-likeness (QED) is 0.444. The Morgan fingerprint density at radius 3 is 2.53 bits per heavy atom. The van der Waals surface area contributed by atoms with Gasteiger partial charge in [-0.1, -0.05) is 0 Å².